The Bertz CT molecular complexity index is 591. The molecule has 0 aliphatic carbocycles. The van der Waals surface area contributed by atoms with Gasteiger partial charge in [-0.1, -0.05) is 13.0 Å². The van der Waals surface area contributed by atoms with Crippen molar-refractivity contribution in [3.8, 4) is 11.8 Å². The molecule has 2 N–H and O–H groups in total. The van der Waals surface area contributed by atoms with E-state index in [2.05, 4.69) is 32.5 Å². The first-order valence-electron chi connectivity index (χ1n) is 6.70. The molecule has 0 amide bonds. The van der Waals surface area contributed by atoms with Crippen molar-refractivity contribution >= 4 is 17.6 Å². The molecule has 112 valence electrons. The molecular formula is C14H19N5O2. The highest BCUT2D eigenvalue weighted by molar-refractivity contribution is 5.56. The van der Waals surface area contributed by atoms with E-state index in [1.165, 1.54) is 7.11 Å². The number of nitrogens with one attached hydrogen (secondary N) is 2. The first-order chi connectivity index (χ1) is 10.2. The third kappa shape index (κ3) is 4.20. The minimum atomic E-state index is 0.258. The third-order valence-electron chi connectivity index (χ3n) is 2.66. The van der Waals surface area contributed by atoms with Crippen molar-refractivity contribution < 1.29 is 9.47 Å². The van der Waals surface area contributed by atoms with Gasteiger partial charge >= 0.3 is 6.01 Å². The topological polar surface area (TPSA) is 81.2 Å². The Labute approximate surface area is 123 Å². The van der Waals surface area contributed by atoms with Gasteiger partial charge in [0, 0.05) is 18.3 Å². The maximum absolute atomic E-state index is 5.18. The van der Waals surface area contributed by atoms with E-state index in [9.17, 15) is 0 Å². The molecular weight excluding hydrogens is 270 g/mol. The number of hydrogen-bond acceptors (Lipinski definition) is 7. The van der Waals surface area contributed by atoms with Crippen molar-refractivity contribution in [3.05, 3.63) is 24.3 Å². The van der Waals surface area contributed by atoms with Gasteiger partial charge in [0.15, 0.2) is 0 Å². The monoisotopic (exact) mass is 289 g/mol. The number of hydrogen-bond donors (Lipinski definition) is 2. The maximum Gasteiger partial charge on any atom is 0.322 e. The van der Waals surface area contributed by atoms with Crippen LogP contribution in [0.25, 0.3) is 0 Å². The molecule has 7 nitrogen and oxygen atoms in total. The summed E-state index contributed by atoms with van der Waals surface area (Å²) in [4.78, 5) is 12.6. The van der Waals surface area contributed by atoms with E-state index in [4.69, 9.17) is 9.47 Å². The van der Waals surface area contributed by atoms with Crippen LogP contribution in [0, 0.1) is 0 Å². The number of ether oxygens (including phenoxy) is 2. The summed E-state index contributed by atoms with van der Waals surface area (Å²) in [5.41, 5.74) is 0.823. The second kappa shape index (κ2) is 7.28. The molecule has 2 rings (SSSR count). The number of benzene rings is 1. The van der Waals surface area contributed by atoms with Gasteiger partial charge in [0.2, 0.25) is 11.9 Å². The highest BCUT2D eigenvalue weighted by Crippen LogP contribution is 2.20. The van der Waals surface area contributed by atoms with Crippen LogP contribution in [-0.2, 0) is 0 Å². The molecule has 7 heteroatoms. The van der Waals surface area contributed by atoms with Gasteiger partial charge in [-0.05, 0) is 18.6 Å². The number of rotatable bonds is 7. The first kappa shape index (κ1) is 14.8. The Kier molecular flexibility index (Phi) is 5.14. The van der Waals surface area contributed by atoms with Crippen LogP contribution < -0.4 is 20.1 Å². The van der Waals surface area contributed by atoms with Crippen LogP contribution in [0.4, 0.5) is 17.6 Å². The van der Waals surface area contributed by atoms with Crippen LogP contribution >= 0.6 is 0 Å². The lowest BCUT2D eigenvalue weighted by Gasteiger charge is -2.09. The largest absolute Gasteiger partial charge is 0.497 e. The molecule has 0 unspecified atom stereocenters. The zero-order chi connectivity index (χ0) is 15.1. The molecule has 1 heterocycles. The summed E-state index contributed by atoms with van der Waals surface area (Å²) >= 11 is 0. The van der Waals surface area contributed by atoms with Crippen molar-refractivity contribution in [1.82, 2.24) is 15.0 Å². The van der Waals surface area contributed by atoms with E-state index in [1.807, 2.05) is 24.3 Å². The Morgan fingerprint density at radius 2 is 1.86 bits per heavy atom. The van der Waals surface area contributed by atoms with Crippen molar-refractivity contribution in [2.24, 2.45) is 0 Å². The lowest BCUT2D eigenvalue weighted by atomic mass is 10.3. The lowest BCUT2D eigenvalue weighted by Crippen LogP contribution is -2.09. The molecule has 21 heavy (non-hydrogen) atoms. The van der Waals surface area contributed by atoms with Gasteiger partial charge in [-0.25, -0.2) is 0 Å². The molecule has 0 spiro atoms. The summed E-state index contributed by atoms with van der Waals surface area (Å²) in [7, 11) is 3.14. The normalized spacial score (nSPS) is 10.0. The smallest absolute Gasteiger partial charge is 0.322 e. The predicted octanol–water partition coefficient (Wildman–Crippen LogP) is 2.45. The average Bonchev–Trinajstić information content (AvgIpc) is 2.52. The number of nitrogens with zero attached hydrogens (tertiary/aromatic N) is 3. The average molecular weight is 289 g/mol. The van der Waals surface area contributed by atoms with Crippen molar-refractivity contribution in [2.75, 3.05) is 31.4 Å². The number of methoxy groups -OCH3 is 2. The van der Waals surface area contributed by atoms with E-state index in [0.717, 1.165) is 24.4 Å². The van der Waals surface area contributed by atoms with Crippen LogP contribution in [-0.4, -0.2) is 35.7 Å². The molecule has 0 radical (unpaired) electrons. The Hall–Kier alpha value is -2.57. The summed E-state index contributed by atoms with van der Waals surface area (Å²) in [6.07, 6.45) is 0.979. The SMILES string of the molecule is CCCNc1nc(Nc2cccc(OC)c2)nc(OC)n1. The summed E-state index contributed by atoms with van der Waals surface area (Å²) in [6, 6.07) is 7.77. The van der Waals surface area contributed by atoms with Crippen LogP contribution in [0.2, 0.25) is 0 Å². The van der Waals surface area contributed by atoms with Crippen molar-refractivity contribution in [3.63, 3.8) is 0 Å². The molecule has 0 saturated heterocycles. The molecule has 0 saturated carbocycles. The molecule has 2 aromatic rings. The zero-order valence-electron chi connectivity index (χ0n) is 12.4. The van der Waals surface area contributed by atoms with Gasteiger partial charge in [0.25, 0.3) is 0 Å². The third-order valence-corrected chi connectivity index (χ3v) is 2.66. The number of aromatic nitrogens is 3. The minimum Gasteiger partial charge on any atom is -0.497 e. The van der Waals surface area contributed by atoms with Crippen LogP contribution in [0.15, 0.2) is 24.3 Å². The van der Waals surface area contributed by atoms with Gasteiger partial charge in [0.1, 0.15) is 5.75 Å². The van der Waals surface area contributed by atoms with E-state index in [-0.39, 0.29) is 6.01 Å². The minimum absolute atomic E-state index is 0.258. The van der Waals surface area contributed by atoms with Crippen LogP contribution in [0.5, 0.6) is 11.8 Å². The van der Waals surface area contributed by atoms with Crippen LogP contribution in [0.3, 0.4) is 0 Å². The Morgan fingerprint density at radius 3 is 2.57 bits per heavy atom. The first-order valence-corrected chi connectivity index (χ1v) is 6.70. The lowest BCUT2D eigenvalue weighted by molar-refractivity contribution is 0.379. The summed E-state index contributed by atoms with van der Waals surface area (Å²) in [6.45, 7) is 2.85. The predicted molar refractivity (Wildman–Crippen MR) is 81.4 cm³/mol. The second-order valence-corrected chi connectivity index (χ2v) is 4.25. The summed E-state index contributed by atoms with van der Waals surface area (Å²) in [5.74, 6) is 1.65. The fourth-order valence-electron chi connectivity index (χ4n) is 1.65. The highest BCUT2D eigenvalue weighted by Gasteiger charge is 2.07. The molecule has 0 bridgehead atoms. The Morgan fingerprint density at radius 1 is 1.05 bits per heavy atom. The highest BCUT2D eigenvalue weighted by atomic mass is 16.5. The van der Waals surface area contributed by atoms with Gasteiger partial charge < -0.3 is 20.1 Å². The van der Waals surface area contributed by atoms with E-state index in [0.29, 0.717) is 11.9 Å². The fourth-order valence-corrected chi connectivity index (χ4v) is 1.65. The second-order valence-electron chi connectivity index (χ2n) is 4.25. The maximum atomic E-state index is 5.18. The van der Waals surface area contributed by atoms with Crippen LogP contribution in [0.1, 0.15) is 13.3 Å². The molecule has 1 aromatic heterocycles. The standard InChI is InChI=1S/C14H19N5O2/c1-4-8-15-12-17-13(19-14(18-12)21-3)16-10-6-5-7-11(9-10)20-2/h5-7,9H,4,8H2,1-3H3,(H2,15,16,17,18,19). The quantitative estimate of drug-likeness (QED) is 0.810. The number of anilines is 3. The summed E-state index contributed by atoms with van der Waals surface area (Å²) in [5, 5.41) is 6.22. The van der Waals surface area contributed by atoms with Gasteiger partial charge in [-0.3, -0.25) is 0 Å². The van der Waals surface area contributed by atoms with Gasteiger partial charge in [-0.15, -0.1) is 0 Å². The summed E-state index contributed by atoms with van der Waals surface area (Å²) < 4.78 is 10.3. The Balaban J connectivity index is 2.21. The van der Waals surface area contributed by atoms with E-state index >= 15 is 0 Å². The zero-order valence-corrected chi connectivity index (χ0v) is 12.4. The molecule has 1 aromatic carbocycles. The van der Waals surface area contributed by atoms with E-state index in [1.54, 1.807) is 7.11 Å². The van der Waals surface area contributed by atoms with Crippen molar-refractivity contribution in [1.29, 1.82) is 0 Å². The van der Waals surface area contributed by atoms with Gasteiger partial charge in [-0.2, -0.15) is 15.0 Å². The molecule has 0 aliphatic rings. The van der Waals surface area contributed by atoms with Crippen molar-refractivity contribution in [2.45, 2.75) is 13.3 Å². The van der Waals surface area contributed by atoms with E-state index < -0.39 is 0 Å². The fraction of sp³-hybridized carbons (Fsp3) is 0.357. The molecule has 0 fully saturated rings. The molecule has 0 atom stereocenters. The molecule has 0 aliphatic heterocycles. The van der Waals surface area contributed by atoms with Gasteiger partial charge in [0.05, 0.1) is 14.2 Å².